The number of para-hydroxylation sites is 2. The van der Waals surface area contributed by atoms with Crippen LogP contribution < -0.4 is 15.4 Å². The largest absolute Gasteiger partial charge is 0.492 e. The maximum atomic E-state index is 12.5. The number of carbonyl (C=O) groups is 1. The lowest BCUT2D eigenvalue weighted by atomic mass is 9.87. The molecule has 29 heavy (non-hydrogen) atoms. The molecule has 6 heteroatoms. The Kier molecular flexibility index (Phi) is 6.12. The first-order valence-electron chi connectivity index (χ1n) is 9.59. The molecule has 0 spiro atoms. The summed E-state index contributed by atoms with van der Waals surface area (Å²) in [4.78, 5) is 21.0. The third-order valence-electron chi connectivity index (χ3n) is 4.36. The third-order valence-corrected chi connectivity index (χ3v) is 4.36. The molecule has 0 aliphatic carbocycles. The quantitative estimate of drug-likeness (QED) is 0.607. The Balaban J connectivity index is 1.66. The summed E-state index contributed by atoms with van der Waals surface area (Å²) in [6, 6.07) is 15.4. The van der Waals surface area contributed by atoms with Crippen molar-refractivity contribution in [2.75, 3.05) is 17.2 Å². The summed E-state index contributed by atoms with van der Waals surface area (Å²) in [5, 5.41) is 5.99. The van der Waals surface area contributed by atoms with Gasteiger partial charge in [-0.3, -0.25) is 4.79 Å². The molecule has 2 N–H and O–H groups in total. The van der Waals surface area contributed by atoms with Crippen LogP contribution in [0.4, 0.5) is 17.3 Å². The number of nitrogens with one attached hydrogen (secondary N) is 2. The van der Waals surface area contributed by atoms with E-state index in [-0.39, 0.29) is 11.3 Å². The van der Waals surface area contributed by atoms with Crippen LogP contribution in [0.1, 0.15) is 43.6 Å². The van der Waals surface area contributed by atoms with E-state index in [1.165, 1.54) is 18.0 Å². The number of hydrogen-bond acceptors (Lipinski definition) is 5. The minimum Gasteiger partial charge on any atom is -0.492 e. The Labute approximate surface area is 171 Å². The molecule has 2 aromatic carbocycles. The van der Waals surface area contributed by atoms with Crippen molar-refractivity contribution in [3.63, 3.8) is 0 Å². The monoisotopic (exact) mass is 390 g/mol. The average Bonchev–Trinajstić information content (AvgIpc) is 2.70. The molecule has 6 nitrogen and oxygen atoms in total. The standard InChI is InChI=1S/C23H26N4O2/c1-5-29-20-9-7-6-8-19(20)27-22-24-14-16(15-25-22)21(28)26-18-12-10-17(11-13-18)23(2,3)4/h6-15H,5H2,1-4H3,(H,26,28)(H,24,25,27). The number of carbonyl (C=O) groups excluding carboxylic acids is 1. The number of anilines is 3. The minimum absolute atomic E-state index is 0.0694. The fourth-order valence-electron chi connectivity index (χ4n) is 2.74. The Morgan fingerprint density at radius 1 is 1.00 bits per heavy atom. The summed E-state index contributed by atoms with van der Waals surface area (Å²) in [6.45, 7) is 8.95. The van der Waals surface area contributed by atoms with Crippen LogP contribution in [-0.2, 0) is 5.41 Å². The second-order valence-corrected chi connectivity index (χ2v) is 7.63. The van der Waals surface area contributed by atoms with Crippen LogP contribution >= 0.6 is 0 Å². The molecule has 150 valence electrons. The highest BCUT2D eigenvalue weighted by atomic mass is 16.5. The van der Waals surface area contributed by atoms with Gasteiger partial charge in [-0.25, -0.2) is 9.97 Å². The average molecular weight is 390 g/mol. The molecule has 0 unspecified atom stereocenters. The zero-order valence-corrected chi connectivity index (χ0v) is 17.2. The van der Waals surface area contributed by atoms with E-state index in [1.807, 2.05) is 55.5 Å². The van der Waals surface area contributed by atoms with E-state index in [9.17, 15) is 4.79 Å². The first-order chi connectivity index (χ1) is 13.9. The molecule has 1 amide bonds. The van der Waals surface area contributed by atoms with Crippen molar-refractivity contribution in [2.45, 2.75) is 33.1 Å². The fraction of sp³-hybridized carbons (Fsp3) is 0.261. The Bertz CT molecular complexity index is 961. The van der Waals surface area contributed by atoms with E-state index >= 15 is 0 Å². The summed E-state index contributed by atoms with van der Waals surface area (Å²) in [7, 11) is 0. The number of hydrogen-bond donors (Lipinski definition) is 2. The number of ether oxygens (including phenoxy) is 1. The summed E-state index contributed by atoms with van der Waals surface area (Å²) in [6.07, 6.45) is 3.00. The van der Waals surface area contributed by atoms with Gasteiger partial charge < -0.3 is 15.4 Å². The summed E-state index contributed by atoms with van der Waals surface area (Å²) < 4.78 is 5.58. The molecule has 3 rings (SSSR count). The summed E-state index contributed by atoms with van der Waals surface area (Å²) in [5.41, 5.74) is 3.16. The van der Waals surface area contributed by atoms with Crippen LogP contribution in [0.3, 0.4) is 0 Å². The fourth-order valence-corrected chi connectivity index (χ4v) is 2.74. The molecule has 0 aliphatic heterocycles. The maximum Gasteiger partial charge on any atom is 0.258 e. The van der Waals surface area contributed by atoms with E-state index in [4.69, 9.17) is 4.74 Å². The molecule has 1 heterocycles. The molecule has 0 radical (unpaired) electrons. The lowest BCUT2D eigenvalue weighted by Crippen LogP contribution is -2.14. The van der Waals surface area contributed by atoms with Crippen LogP contribution in [0.2, 0.25) is 0 Å². The molecular formula is C23H26N4O2. The van der Waals surface area contributed by atoms with Gasteiger partial charge in [0.2, 0.25) is 5.95 Å². The lowest BCUT2D eigenvalue weighted by molar-refractivity contribution is 0.102. The van der Waals surface area contributed by atoms with E-state index < -0.39 is 0 Å². The predicted octanol–water partition coefficient (Wildman–Crippen LogP) is 5.17. The van der Waals surface area contributed by atoms with Gasteiger partial charge in [-0.15, -0.1) is 0 Å². The molecule has 0 fully saturated rings. The van der Waals surface area contributed by atoms with Gasteiger partial charge in [0.25, 0.3) is 5.91 Å². The number of amides is 1. The second kappa shape index (κ2) is 8.73. The summed E-state index contributed by atoms with van der Waals surface area (Å²) in [5.74, 6) is 0.858. The highest BCUT2D eigenvalue weighted by Crippen LogP contribution is 2.26. The van der Waals surface area contributed by atoms with Crippen LogP contribution in [0, 0.1) is 0 Å². The smallest absolute Gasteiger partial charge is 0.258 e. The van der Waals surface area contributed by atoms with E-state index in [2.05, 4.69) is 41.4 Å². The van der Waals surface area contributed by atoms with E-state index in [0.29, 0.717) is 18.1 Å². The Morgan fingerprint density at radius 3 is 2.28 bits per heavy atom. The Morgan fingerprint density at radius 2 is 1.66 bits per heavy atom. The van der Waals surface area contributed by atoms with Gasteiger partial charge in [0.1, 0.15) is 5.75 Å². The van der Waals surface area contributed by atoms with E-state index in [1.54, 1.807) is 0 Å². The van der Waals surface area contributed by atoms with E-state index in [0.717, 1.165) is 17.1 Å². The SMILES string of the molecule is CCOc1ccccc1Nc1ncc(C(=O)Nc2ccc(C(C)(C)C)cc2)cn1. The van der Waals surface area contributed by atoms with Gasteiger partial charge in [-0.05, 0) is 42.2 Å². The van der Waals surface area contributed by atoms with Gasteiger partial charge in [0, 0.05) is 18.1 Å². The van der Waals surface area contributed by atoms with Gasteiger partial charge in [0.15, 0.2) is 0 Å². The normalized spacial score (nSPS) is 11.0. The third kappa shape index (κ3) is 5.31. The van der Waals surface area contributed by atoms with Gasteiger partial charge in [0.05, 0.1) is 17.9 Å². The highest BCUT2D eigenvalue weighted by molar-refractivity contribution is 6.03. The first-order valence-corrected chi connectivity index (χ1v) is 9.59. The molecule has 0 atom stereocenters. The van der Waals surface area contributed by atoms with Crippen molar-refractivity contribution >= 4 is 23.2 Å². The second-order valence-electron chi connectivity index (χ2n) is 7.63. The van der Waals surface area contributed by atoms with Crippen LogP contribution in [0.25, 0.3) is 0 Å². The maximum absolute atomic E-state index is 12.5. The van der Waals surface area contributed by atoms with Crippen molar-refractivity contribution < 1.29 is 9.53 Å². The van der Waals surface area contributed by atoms with Crippen LogP contribution in [-0.4, -0.2) is 22.5 Å². The van der Waals surface area contributed by atoms with Crippen molar-refractivity contribution in [3.05, 3.63) is 72.1 Å². The molecule has 3 aromatic rings. The zero-order valence-electron chi connectivity index (χ0n) is 17.2. The number of benzene rings is 2. The van der Waals surface area contributed by atoms with Crippen molar-refractivity contribution in [1.29, 1.82) is 0 Å². The molecule has 0 saturated heterocycles. The lowest BCUT2D eigenvalue weighted by Gasteiger charge is -2.19. The van der Waals surface area contributed by atoms with Crippen molar-refractivity contribution in [3.8, 4) is 5.75 Å². The molecule has 0 saturated carbocycles. The minimum atomic E-state index is -0.255. The van der Waals surface area contributed by atoms with Gasteiger partial charge in [-0.1, -0.05) is 45.0 Å². The van der Waals surface area contributed by atoms with Crippen molar-refractivity contribution in [2.24, 2.45) is 0 Å². The number of nitrogens with zero attached hydrogens (tertiary/aromatic N) is 2. The topological polar surface area (TPSA) is 76.1 Å². The highest BCUT2D eigenvalue weighted by Gasteiger charge is 2.14. The molecule has 1 aromatic heterocycles. The summed E-state index contributed by atoms with van der Waals surface area (Å²) >= 11 is 0. The molecule has 0 aliphatic rings. The zero-order chi connectivity index (χ0) is 20.9. The van der Waals surface area contributed by atoms with Crippen LogP contribution in [0.15, 0.2) is 60.9 Å². The van der Waals surface area contributed by atoms with Crippen LogP contribution in [0.5, 0.6) is 5.75 Å². The number of aromatic nitrogens is 2. The van der Waals surface area contributed by atoms with Crippen molar-refractivity contribution in [1.82, 2.24) is 9.97 Å². The van der Waals surface area contributed by atoms with Gasteiger partial charge >= 0.3 is 0 Å². The Hall–Kier alpha value is -3.41. The number of rotatable bonds is 6. The molecule has 0 bridgehead atoms. The van der Waals surface area contributed by atoms with Gasteiger partial charge in [-0.2, -0.15) is 0 Å². The predicted molar refractivity (Wildman–Crippen MR) is 116 cm³/mol. The molecular weight excluding hydrogens is 364 g/mol. The first kappa shape index (κ1) is 20.3.